The number of aliphatic hydroxyl groups is 1. The number of pyridine rings is 1. The monoisotopic (exact) mass is 339 g/mol. The summed E-state index contributed by atoms with van der Waals surface area (Å²) in [6.45, 7) is 5.56. The highest BCUT2D eigenvalue weighted by molar-refractivity contribution is 5.77. The van der Waals surface area contributed by atoms with Crippen LogP contribution in [-0.2, 0) is 16.9 Å². The number of rotatable bonds is 5. The van der Waals surface area contributed by atoms with Crippen molar-refractivity contribution < 1.29 is 9.90 Å². The first-order valence-corrected chi connectivity index (χ1v) is 8.72. The zero-order valence-corrected chi connectivity index (χ0v) is 14.6. The van der Waals surface area contributed by atoms with E-state index in [2.05, 4.69) is 9.88 Å². The van der Waals surface area contributed by atoms with Crippen LogP contribution in [0.2, 0.25) is 0 Å². The van der Waals surface area contributed by atoms with E-state index in [9.17, 15) is 9.90 Å². The number of piperazine rings is 1. The number of hydrogen-bond acceptors (Lipinski definition) is 4. The molecule has 3 rings (SSSR count). The lowest BCUT2D eigenvalue weighted by Crippen LogP contribution is -2.49. The van der Waals surface area contributed by atoms with Gasteiger partial charge in [-0.25, -0.2) is 0 Å². The van der Waals surface area contributed by atoms with Crippen molar-refractivity contribution >= 4 is 5.91 Å². The molecule has 1 fully saturated rings. The van der Waals surface area contributed by atoms with E-state index in [-0.39, 0.29) is 12.3 Å². The van der Waals surface area contributed by atoms with E-state index in [4.69, 9.17) is 0 Å². The first-order valence-electron chi connectivity index (χ1n) is 8.72. The molecule has 0 spiro atoms. The molecule has 1 N–H and O–H groups in total. The Morgan fingerprint density at radius 1 is 1.08 bits per heavy atom. The molecule has 1 amide bonds. The number of hydrogen-bond donors (Lipinski definition) is 1. The van der Waals surface area contributed by atoms with E-state index in [1.165, 1.54) is 0 Å². The Bertz CT molecular complexity index is 681. The third-order valence-electron chi connectivity index (χ3n) is 4.73. The van der Waals surface area contributed by atoms with Crippen molar-refractivity contribution in [2.24, 2.45) is 0 Å². The molecule has 1 aliphatic heterocycles. The molecule has 1 unspecified atom stereocenters. The normalized spacial score (nSPS) is 17.9. The minimum Gasteiger partial charge on any atom is -0.385 e. The van der Waals surface area contributed by atoms with Gasteiger partial charge < -0.3 is 10.0 Å². The second-order valence-electron chi connectivity index (χ2n) is 6.79. The van der Waals surface area contributed by atoms with E-state index >= 15 is 0 Å². The molecule has 1 atom stereocenters. The lowest BCUT2D eigenvalue weighted by atomic mass is 9.92. The fraction of sp³-hybridized carbons (Fsp3) is 0.400. The van der Waals surface area contributed by atoms with Gasteiger partial charge in [-0.3, -0.25) is 14.7 Å². The minimum atomic E-state index is -1.14. The smallest absolute Gasteiger partial charge is 0.225 e. The summed E-state index contributed by atoms with van der Waals surface area (Å²) in [5.74, 6) is 0.00587. The first-order chi connectivity index (χ1) is 12.0. The zero-order valence-electron chi connectivity index (χ0n) is 14.6. The largest absolute Gasteiger partial charge is 0.385 e. The molecule has 25 heavy (non-hydrogen) atoms. The number of nitrogens with zero attached hydrogens (tertiary/aromatic N) is 3. The Hall–Kier alpha value is -2.24. The molecule has 0 radical (unpaired) electrons. The van der Waals surface area contributed by atoms with Crippen LogP contribution in [0.15, 0.2) is 54.7 Å². The average molecular weight is 339 g/mol. The molecule has 1 aromatic carbocycles. The fourth-order valence-electron chi connectivity index (χ4n) is 3.18. The lowest BCUT2D eigenvalue weighted by molar-refractivity contribution is -0.138. The summed E-state index contributed by atoms with van der Waals surface area (Å²) in [5.41, 5.74) is 0.690. The van der Waals surface area contributed by atoms with Crippen molar-refractivity contribution in [1.82, 2.24) is 14.8 Å². The Labute approximate surface area is 148 Å². The van der Waals surface area contributed by atoms with Gasteiger partial charge in [-0.15, -0.1) is 0 Å². The summed E-state index contributed by atoms with van der Waals surface area (Å²) in [7, 11) is 0. The lowest BCUT2D eigenvalue weighted by Gasteiger charge is -2.36. The van der Waals surface area contributed by atoms with Gasteiger partial charge in [0, 0.05) is 38.9 Å². The maximum absolute atomic E-state index is 12.6. The van der Waals surface area contributed by atoms with Crippen molar-refractivity contribution in [2.75, 3.05) is 26.2 Å². The molecule has 1 aliphatic rings. The summed E-state index contributed by atoms with van der Waals surface area (Å²) in [6, 6.07) is 15.3. The van der Waals surface area contributed by atoms with Crippen LogP contribution in [0.3, 0.4) is 0 Å². The molecule has 0 aliphatic carbocycles. The molecule has 2 aromatic rings. The molecule has 5 heteroatoms. The van der Waals surface area contributed by atoms with Crippen LogP contribution in [0.4, 0.5) is 0 Å². The molecular weight excluding hydrogens is 314 g/mol. The number of amides is 1. The van der Waals surface area contributed by atoms with Gasteiger partial charge in [0.1, 0.15) is 0 Å². The predicted octanol–water partition coefficient (Wildman–Crippen LogP) is 2.02. The van der Waals surface area contributed by atoms with E-state index in [0.717, 1.165) is 30.9 Å². The summed E-state index contributed by atoms with van der Waals surface area (Å²) in [5, 5.41) is 10.7. The van der Waals surface area contributed by atoms with Gasteiger partial charge >= 0.3 is 0 Å². The van der Waals surface area contributed by atoms with Gasteiger partial charge in [-0.05, 0) is 24.6 Å². The van der Waals surface area contributed by atoms with Gasteiger partial charge in [0.05, 0.1) is 17.7 Å². The highest BCUT2D eigenvalue weighted by Crippen LogP contribution is 2.25. The Morgan fingerprint density at radius 2 is 1.76 bits per heavy atom. The van der Waals surface area contributed by atoms with Gasteiger partial charge in [0.25, 0.3) is 0 Å². The third kappa shape index (κ3) is 4.65. The Morgan fingerprint density at radius 3 is 2.40 bits per heavy atom. The number of carbonyl (C=O) groups excluding carboxylic acids is 1. The van der Waals surface area contributed by atoms with Gasteiger partial charge in [0.2, 0.25) is 5.91 Å². The Kier molecular flexibility index (Phi) is 5.46. The minimum absolute atomic E-state index is 0.00587. The molecular formula is C20H25N3O2. The molecule has 132 valence electrons. The maximum Gasteiger partial charge on any atom is 0.225 e. The van der Waals surface area contributed by atoms with Crippen LogP contribution in [-0.4, -0.2) is 52.0 Å². The maximum atomic E-state index is 12.6. The predicted molar refractivity (Wildman–Crippen MR) is 96.7 cm³/mol. The molecule has 1 saturated heterocycles. The van der Waals surface area contributed by atoms with Crippen molar-refractivity contribution in [3.05, 3.63) is 66.0 Å². The van der Waals surface area contributed by atoms with Crippen LogP contribution < -0.4 is 0 Å². The molecule has 1 aromatic heterocycles. The van der Waals surface area contributed by atoms with Crippen molar-refractivity contribution in [3.8, 4) is 0 Å². The van der Waals surface area contributed by atoms with E-state index in [0.29, 0.717) is 13.1 Å². The average Bonchev–Trinajstić information content (AvgIpc) is 2.63. The molecule has 2 heterocycles. The SMILES string of the molecule is CC(O)(CC(=O)N1CCN(Cc2ccccn2)CC1)c1ccccc1. The fourth-order valence-corrected chi connectivity index (χ4v) is 3.18. The van der Waals surface area contributed by atoms with Crippen LogP contribution in [0.25, 0.3) is 0 Å². The van der Waals surface area contributed by atoms with Crippen LogP contribution in [0.1, 0.15) is 24.6 Å². The van der Waals surface area contributed by atoms with Gasteiger partial charge in [0.15, 0.2) is 0 Å². The topological polar surface area (TPSA) is 56.7 Å². The zero-order chi connectivity index (χ0) is 17.7. The third-order valence-corrected chi connectivity index (χ3v) is 4.73. The first kappa shape index (κ1) is 17.6. The summed E-state index contributed by atoms with van der Waals surface area (Å²) < 4.78 is 0. The summed E-state index contributed by atoms with van der Waals surface area (Å²) >= 11 is 0. The van der Waals surface area contributed by atoms with E-state index < -0.39 is 5.60 Å². The molecule has 0 saturated carbocycles. The van der Waals surface area contributed by atoms with Crippen LogP contribution in [0, 0.1) is 0 Å². The summed E-state index contributed by atoms with van der Waals surface area (Å²) in [4.78, 5) is 21.1. The highest BCUT2D eigenvalue weighted by Gasteiger charge is 2.30. The second kappa shape index (κ2) is 7.76. The molecule has 0 bridgehead atoms. The van der Waals surface area contributed by atoms with E-state index in [1.54, 1.807) is 13.1 Å². The van der Waals surface area contributed by atoms with Crippen molar-refractivity contribution in [3.63, 3.8) is 0 Å². The number of benzene rings is 1. The number of carbonyl (C=O) groups is 1. The van der Waals surface area contributed by atoms with Crippen LogP contribution >= 0.6 is 0 Å². The molecule has 5 nitrogen and oxygen atoms in total. The van der Waals surface area contributed by atoms with Crippen molar-refractivity contribution in [2.45, 2.75) is 25.5 Å². The second-order valence-corrected chi connectivity index (χ2v) is 6.79. The van der Waals surface area contributed by atoms with Crippen molar-refractivity contribution in [1.29, 1.82) is 0 Å². The van der Waals surface area contributed by atoms with Crippen LogP contribution in [0.5, 0.6) is 0 Å². The summed E-state index contributed by atoms with van der Waals surface area (Å²) in [6.07, 6.45) is 1.91. The van der Waals surface area contributed by atoms with Gasteiger partial charge in [-0.2, -0.15) is 0 Å². The van der Waals surface area contributed by atoms with Gasteiger partial charge in [-0.1, -0.05) is 36.4 Å². The quantitative estimate of drug-likeness (QED) is 0.905. The van der Waals surface area contributed by atoms with E-state index in [1.807, 2.05) is 53.4 Å². The highest BCUT2D eigenvalue weighted by atomic mass is 16.3. The Balaban J connectivity index is 1.51. The number of aromatic nitrogens is 1. The standard InChI is InChI=1S/C20H25N3O2/c1-20(25,17-7-3-2-4-8-17)15-19(24)23-13-11-22(12-14-23)16-18-9-5-6-10-21-18/h2-10,25H,11-16H2,1H3.